The Bertz CT molecular complexity index is 1460. The molecule has 6 nitrogen and oxygen atoms in total. The third kappa shape index (κ3) is 4.42. The van der Waals surface area contributed by atoms with Crippen LogP contribution in [0.15, 0.2) is 60.7 Å². The lowest BCUT2D eigenvalue weighted by Crippen LogP contribution is -2.40. The first-order valence-electron chi connectivity index (χ1n) is 11.6. The number of amides is 1. The van der Waals surface area contributed by atoms with Gasteiger partial charge >= 0.3 is 5.97 Å². The average molecular weight is 491 g/mol. The number of benzene rings is 3. The quantitative estimate of drug-likeness (QED) is 0.364. The van der Waals surface area contributed by atoms with E-state index in [1.165, 1.54) is 11.0 Å². The molecule has 4 aromatic rings. The summed E-state index contributed by atoms with van der Waals surface area (Å²) in [5.41, 5.74) is 3.36. The van der Waals surface area contributed by atoms with E-state index in [2.05, 4.69) is 4.98 Å². The molecule has 0 radical (unpaired) electrons. The highest BCUT2D eigenvalue weighted by Crippen LogP contribution is 2.33. The summed E-state index contributed by atoms with van der Waals surface area (Å²) in [6.07, 6.45) is 1.13. The number of hydrogen-bond acceptors (Lipinski definition) is 3. The topological polar surface area (TPSA) is 82.6 Å². The summed E-state index contributed by atoms with van der Waals surface area (Å²) in [5, 5.41) is 9.97. The summed E-state index contributed by atoms with van der Waals surface area (Å²) in [7, 11) is 0. The molecule has 184 valence electrons. The molecular weight excluding hydrogens is 466 g/mol. The van der Waals surface area contributed by atoms with Crippen LogP contribution in [0.5, 0.6) is 5.75 Å². The van der Waals surface area contributed by atoms with Gasteiger partial charge in [0.15, 0.2) is 11.6 Å². The number of ether oxygens (including phenoxy) is 1. The van der Waals surface area contributed by atoms with E-state index in [0.29, 0.717) is 41.6 Å². The monoisotopic (exact) mass is 490 g/mol. The van der Waals surface area contributed by atoms with Gasteiger partial charge in [0.25, 0.3) is 5.91 Å². The number of carbonyl (C=O) groups excluding carboxylic acids is 1. The van der Waals surface area contributed by atoms with Crippen LogP contribution < -0.4 is 4.74 Å². The van der Waals surface area contributed by atoms with Crippen molar-refractivity contribution in [1.82, 2.24) is 9.88 Å². The van der Waals surface area contributed by atoms with Crippen molar-refractivity contribution in [3.63, 3.8) is 0 Å². The van der Waals surface area contributed by atoms with Gasteiger partial charge in [0.1, 0.15) is 18.4 Å². The Hall–Kier alpha value is -4.20. The highest BCUT2D eigenvalue weighted by atomic mass is 19.2. The standard InChI is InChI=1S/C28H24F2N2O4/c1-16-12-22-21(14-23(29)25(30)26(22)31-16)18-7-9-20(10-8-18)36-15-17-4-2-5-19(13-17)27(33)32-11-3-6-24(32)28(34)35/h2,4-5,7-10,12-14,24,31H,3,6,11,15H2,1H3,(H,34,35)/t24-/m0/s1. The molecule has 3 aromatic carbocycles. The Balaban J connectivity index is 1.30. The number of nitrogens with zero attached hydrogens (tertiary/aromatic N) is 1. The maximum atomic E-state index is 14.2. The number of likely N-dealkylation sites (tertiary alicyclic amines) is 1. The number of fused-ring (bicyclic) bond motifs is 1. The number of hydrogen-bond donors (Lipinski definition) is 2. The van der Waals surface area contributed by atoms with Crippen LogP contribution in [0.4, 0.5) is 8.78 Å². The Morgan fingerprint density at radius 2 is 1.89 bits per heavy atom. The van der Waals surface area contributed by atoms with E-state index in [4.69, 9.17) is 4.74 Å². The van der Waals surface area contributed by atoms with E-state index in [0.717, 1.165) is 16.8 Å². The van der Waals surface area contributed by atoms with Crippen molar-refractivity contribution in [2.24, 2.45) is 0 Å². The molecular formula is C28H24F2N2O4. The van der Waals surface area contributed by atoms with E-state index in [1.54, 1.807) is 55.5 Å². The zero-order valence-corrected chi connectivity index (χ0v) is 19.6. The van der Waals surface area contributed by atoms with Crippen LogP contribution in [-0.4, -0.2) is 39.5 Å². The minimum atomic E-state index is -0.987. The van der Waals surface area contributed by atoms with Gasteiger partial charge in [-0.25, -0.2) is 13.6 Å². The van der Waals surface area contributed by atoms with E-state index < -0.39 is 23.6 Å². The predicted octanol–water partition coefficient (Wildman–Crippen LogP) is 5.69. The zero-order valence-electron chi connectivity index (χ0n) is 19.6. The Kier molecular flexibility index (Phi) is 6.18. The molecule has 1 atom stereocenters. The minimum Gasteiger partial charge on any atom is -0.489 e. The van der Waals surface area contributed by atoms with Crippen molar-refractivity contribution in [1.29, 1.82) is 0 Å². The number of carboxylic acid groups (broad SMARTS) is 1. The Labute approximate surface area is 206 Å². The van der Waals surface area contributed by atoms with Gasteiger partial charge in [0, 0.05) is 23.2 Å². The van der Waals surface area contributed by atoms with Gasteiger partial charge in [-0.05, 0) is 72.9 Å². The summed E-state index contributed by atoms with van der Waals surface area (Å²) in [6, 6.07) is 16.2. The maximum absolute atomic E-state index is 14.2. The smallest absolute Gasteiger partial charge is 0.326 e. The fourth-order valence-corrected chi connectivity index (χ4v) is 4.72. The van der Waals surface area contributed by atoms with Crippen LogP contribution in [0.25, 0.3) is 22.0 Å². The average Bonchev–Trinajstić information content (AvgIpc) is 3.52. The van der Waals surface area contributed by atoms with Gasteiger partial charge in [-0.15, -0.1) is 0 Å². The van der Waals surface area contributed by atoms with E-state index in [9.17, 15) is 23.5 Å². The van der Waals surface area contributed by atoms with Gasteiger partial charge < -0.3 is 19.7 Å². The van der Waals surface area contributed by atoms with E-state index in [-0.39, 0.29) is 18.0 Å². The second-order valence-electron chi connectivity index (χ2n) is 8.97. The molecule has 36 heavy (non-hydrogen) atoms. The number of carboxylic acids is 1. The number of carbonyl (C=O) groups is 2. The lowest BCUT2D eigenvalue weighted by Gasteiger charge is -2.21. The molecule has 1 saturated heterocycles. The first-order valence-corrected chi connectivity index (χ1v) is 11.6. The summed E-state index contributed by atoms with van der Waals surface area (Å²) in [6.45, 7) is 2.42. The Morgan fingerprint density at radius 3 is 2.64 bits per heavy atom. The molecule has 0 aliphatic carbocycles. The number of aliphatic carboxylic acids is 1. The summed E-state index contributed by atoms with van der Waals surface area (Å²) in [5.74, 6) is -2.53. The van der Waals surface area contributed by atoms with Crippen LogP contribution >= 0.6 is 0 Å². The van der Waals surface area contributed by atoms with Crippen molar-refractivity contribution < 1.29 is 28.2 Å². The molecule has 1 aromatic heterocycles. The largest absolute Gasteiger partial charge is 0.489 e. The van der Waals surface area contributed by atoms with Crippen LogP contribution in [0, 0.1) is 18.6 Å². The maximum Gasteiger partial charge on any atom is 0.326 e. The van der Waals surface area contributed by atoms with Crippen LogP contribution in [-0.2, 0) is 11.4 Å². The third-order valence-electron chi connectivity index (χ3n) is 6.49. The minimum absolute atomic E-state index is 0.140. The molecule has 2 heterocycles. The summed E-state index contributed by atoms with van der Waals surface area (Å²) in [4.78, 5) is 28.6. The molecule has 1 aliphatic rings. The van der Waals surface area contributed by atoms with Crippen LogP contribution in [0.3, 0.4) is 0 Å². The number of H-pyrrole nitrogens is 1. The lowest BCUT2D eigenvalue weighted by molar-refractivity contribution is -0.141. The fraction of sp³-hybridized carbons (Fsp3) is 0.214. The summed E-state index contributed by atoms with van der Waals surface area (Å²) < 4.78 is 34.2. The molecule has 0 spiro atoms. The van der Waals surface area contributed by atoms with Crippen molar-refractivity contribution in [3.8, 4) is 16.9 Å². The van der Waals surface area contributed by atoms with Crippen LogP contribution in [0.2, 0.25) is 0 Å². The van der Waals surface area contributed by atoms with E-state index in [1.807, 2.05) is 6.07 Å². The second kappa shape index (κ2) is 9.45. The molecule has 0 unspecified atom stereocenters. The molecule has 5 rings (SSSR count). The molecule has 8 heteroatoms. The second-order valence-corrected chi connectivity index (χ2v) is 8.97. The highest BCUT2D eigenvalue weighted by molar-refractivity contribution is 5.97. The SMILES string of the molecule is Cc1cc2c(-c3ccc(OCc4cccc(C(=O)N5CCC[C@H]5C(=O)O)c4)cc3)cc(F)c(F)c2[nH]1. The summed E-state index contributed by atoms with van der Waals surface area (Å²) >= 11 is 0. The van der Waals surface area contributed by atoms with Gasteiger partial charge in [-0.1, -0.05) is 24.3 Å². The first kappa shape index (κ1) is 23.5. The Morgan fingerprint density at radius 1 is 1.11 bits per heavy atom. The number of halogens is 2. The normalized spacial score (nSPS) is 15.4. The third-order valence-corrected chi connectivity index (χ3v) is 6.49. The van der Waals surface area contributed by atoms with Gasteiger partial charge in [-0.2, -0.15) is 0 Å². The van der Waals surface area contributed by atoms with Crippen LogP contribution in [0.1, 0.15) is 34.5 Å². The zero-order chi connectivity index (χ0) is 25.4. The number of aromatic nitrogens is 1. The first-order chi connectivity index (χ1) is 17.3. The van der Waals surface area contributed by atoms with E-state index >= 15 is 0 Å². The van der Waals surface area contributed by atoms with Gasteiger partial charge in [-0.3, -0.25) is 4.79 Å². The van der Waals surface area contributed by atoms with Gasteiger partial charge in [0.2, 0.25) is 0 Å². The van der Waals surface area contributed by atoms with Crippen molar-refractivity contribution in [2.45, 2.75) is 32.4 Å². The number of rotatable bonds is 6. The molecule has 2 N–H and O–H groups in total. The number of aryl methyl sites for hydroxylation is 1. The highest BCUT2D eigenvalue weighted by Gasteiger charge is 2.34. The molecule has 1 amide bonds. The number of aromatic amines is 1. The predicted molar refractivity (Wildman–Crippen MR) is 131 cm³/mol. The van der Waals surface area contributed by atoms with Crippen molar-refractivity contribution in [2.75, 3.05) is 6.54 Å². The molecule has 0 bridgehead atoms. The van der Waals surface area contributed by atoms with Gasteiger partial charge in [0.05, 0.1) is 5.52 Å². The lowest BCUT2D eigenvalue weighted by atomic mass is 10.0. The molecule has 1 aliphatic heterocycles. The fourth-order valence-electron chi connectivity index (χ4n) is 4.72. The number of nitrogens with one attached hydrogen (secondary N) is 1. The van der Waals surface area contributed by atoms with Crippen molar-refractivity contribution in [3.05, 3.63) is 89.1 Å². The van der Waals surface area contributed by atoms with Crippen molar-refractivity contribution >= 4 is 22.8 Å². The molecule has 1 fully saturated rings. The molecule has 0 saturated carbocycles.